The summed E-state index contributed by atoms with van der Waals surface area (Å²) >= 11 is 1.85. The van der Waals surface area contributed by atoms with Gasteiger partial charge in [-0.1, -0.05) is 12.8 Å². The van der Waals surface area contributed by atoms with Crippen LogP contribution >= 0.6 is 11.8 Å². The summed E-state index contributed by atoms with van der Waals surface area (Å²) < 4.78 is 5.60. The highest BCUT2D eigenvalue weighted by atomic mass is 32.2. The Bertz CT molecular complexity index is 376. The predicted molar refractivity (Wildman–Crippen MR) is 72.5 cm³/mol. The standard InChI is InChI=1S/C13H20N2OS/c1-9(2)16-13-11(14)7-8-12(15-13)17-10-5-3-4-6-10/h7-10H,3-6,14H2,1-2H3. The minimum absolute atomic E-state index is 0.108. The number of aromatic nitrogens is 1. The van der Waals surface area contributed by atoms with E-state index in [1.54, 1.807) is 0 Å². The van der Waals surface area contributed by atoms with Crippen molar-refractivity contribution in [2.45, 2.75) is 55.9 Å². The van der Waals surface area contributed by atoms with Crippen molar-refractivity contribution in [3.05, 3.63) is 12.1 Å². The highest BCUT2D eigenvalue weighted by Crippen LogP contribution is 2.35. The molecule has 0 saturated heterocycles. The molecule has 1 aromatic rings. The first-order valence-corrected chi connectivity index (χ1v) is 7.13. The molecular formula is C13H20N2OS. The van der Waals surface area contributed by atoms with Crippen LogP contribution in [0.5, 0.6) is 5.88 Å². The van der Waals surface area contributed by atoms with E-state index in [4.69, 9.17) is 10.5 Å². The molecule has 0 atom stereocenters. The Morgan fingerprint density at radius 3 is 2.71 bits per heavy atom. The number of pyridine rings is 1. The molecule has 94 valence electrons. The van der Waals surface area contributed by atoms with Gasteiger partial charge in [-0.15, -0.1) is 11.8 Å². The van der Waals surface area contributed by atoms with Gasteiger partial charge >= 0.3 is 0 Å². The van der Waals surface area contributed by atoms with Crippen molar-refractivity contribution in [3.8, 4) is 5.88 Å². The molecule has 1 aromatic heterocycles. The molecule has 1 heterocycles. The molecule has 3 nitrogen and oxygen atoms in total. The number of hydrogen-bond acceptors (Lipinski definition) is 4. The van der Waals surface area contributed by atoms with Crippen molar-refractivity contribution in [3.63, 3.8) is 0 Å². The van der Waals surface area contributed by atoms with Gasteiger partial charge in [0.15, 0.2) is 0 Å². The normalized spacial score (nSPS) is 16.6. The number of nitrogens with zero attached hydrogens (tertiary/aromatic N) is 1. The molecule has 0 spiro atoms. The van der Waals surface area contributed by atoms with Crippen LogP contribution in [0.1, 0.15) is 39.5 Å². The van der Waals surface area contributed by atoms with Gasteiger partial charge in [0.2, 0.25) is 5.88 Å². The van der Waals surface area contributed by atoms with Gasteiger partial charge in [0.1, 0.15) is 5.03 Å². The van der Waals surface area contributed by atoms with Crippen LogP contribution in [0.4, 0.5) is 5.69 Å². The van der Waals surface area contributed by atoms with Crippen molar-refractivity contribution in [1.29, 1.82) is 0 Å². The van der Waals surface area contributed by atoms with E-state index in [1.807, 2.05) is 37.7 Å². The smallest absolute Gasteiger partial charge is 0.238 e. The van der Waals surface area contributed by atoms with E-state index in [0.29, 0.717) is 11.6 Å². The minimum atomic E-state index is 0.108. The molecule has 0 bridgehead atoms. The van der Waals surface area contributed by atoms with Gasteiger partial charge in [0, 0.05) is 5.25 Å². The van der Waals surface area contributed by atoms with Crippen molar-refractivity contribution in [1.82, 2.24) is 4.98 Å². The van der Waals surface area contributed by atoms with E-state index >= 15 is 0 Å². The summed E-state index contributed by atoms with van der Waals surface area (Å²) in [5, 5.41) is 1.75. The number of nitrogen functional groups attached to an aromatic ring is 1. The number of nitrogens with two attached hydrogens (primary N) is 1. The van der Waals surface area contributed by atoms with Crippen LogP contribution in [-0.4, -0.2) is 16.3 Å². The third-order valence-corrected chi connectivity index (χ3v) is 4.07. The molecule has 1 aliphatic rings. The lowest BCUT2D eigenvalue weighted by molar-refractivity contribution is 0.232. The van der Waals surface area contributed by atoms with Gasteiger partial charge in [-0.05, 0) is 38.8 Å². The van der Waals surface area contributed by atoms with Gasteiger partial charge in [0.25, 0.3) is 0 Å². The van der Waals surface area contributed by atoms with E-state index < -0.39 is 0 Å². The Morgan fingerprint density at radius 1 is 1.35 bits per heavy atom. The second-order valence-corrected chi connectivity index (χ2v) is 6.06. The van der Waals surface area contributed by atoms with Gasteiger partial charge in [-0.2, -0.15) is 0 Å². The predicted octanol–water partition coefficient (Wildman–Crippen LogP) is 3.49. The Balaban J connectivity index is 2.06. The highest BCUT2D eigenvalue weighted by Gasteiger charge is 2.17. The molecule has 1 aliphatic carbocycles. The topological polar surface area (TPSA) is 48.1 Å². The van der Waals surface area contributed by atoms with Crippen molar-refractivity contribution in [2.24, 2.45) is 0 Å². The first-order chi connectivity index (χ1) is 8.15. The van der Waals surface area contributed by atoms with Crippen molar-refractivity contribution in [2.75, 3.05) is 5.73 Å². The lowest BCUT2D eigenvalue weighted by atomic mass is 10.4. The first-order valence-electron chi connectivity index (χ1n) is 6.25. The first kappa shape index (κ1) is 12.6. The molecule has 0 amide bonds. The summed E-state index contributed by atoms with van der Waals surface area (Å²) in [4.78, 5) is 4.49. The zero-order valence-electron chi connectivity index (χ0n) is 10.5. The highest BCUT2D eigenvalue weighted by molar-refractivity contribution is 7.99. The van der Waals surface area contributed by atoms with Gasteiger partial charge in [-0.3, -0.25) is 0 Å². The monoisotopic (exact) mass is 252 g/mol. The molecule has 0 aliphatic heterocycles. The van der Waals surface area contributed by atoms with E-state index in [-0.39, 0.29) is 6.10 Å². The van der Waals surface area contributed by atoms with E-state index in [1.165, 1.54) is 25.7 Å². The second kappa shape index (κ2) is 5.63. The lowest BCUT2D eigenvalue weighted by Crippen LogP contribution is -2.09. The SMILES string of the molecule is CC(C)Oc1nc(SC2CCCC2)ccc1N. The van der Waals surface area contributed by atoms with Crippen LogP contribution in [0.2, 0.25) is 0 Å². The summed E-state index contributed by atoms with van der Waals surface area (Å²) in [7, 11) is 0. The second-order valence-electron chi connectivity index (χ2n) is 4.73. The molecule has 1 fully saturated rings. The lowest BCUT2D eigenvalue weighted by Gasteiger charge is -2.13. The quantitative estimate of drug-likeness (QED) is 0.891. The molecular weight excluding hydrogens is 232 g/mol. The van der Waals surface area contributed by atoms with E-state index in [0.717, 1.165) is 10.3 Å². The van der Waals surface area contributed by atoms with Crippen LogP contribution in [0.25, 0.3) is 0 Å². The Morgan fingerprint density at radius 2 is 2.06 bits per heavy atom. The summed E-state index contributed by atoms with van der Waals surface area (Å²) in [5.74, 6) is 0.572. The number of anilines is 1. The molecule has 0 radical (unpaired) electrons. The van der Waals surface area contributed by atoms with Crippen LogP contribution in [-0.2, 0) is 0 Å². The maximum Gasteiger partial charge on any atom is 0.238 e. The summed E-state index contributed by atoms with van der Waals surface area (Å²) in [5.41, 5.74) is 6.47. The number of ether oxygens (including phenoxy) is 1. The molecule has 4 heteroatoms. The van der Waals surface area contributed by atoms with Crippen LogP contribution in [0.3, 0.4) is 0 Å². The average molecular weight is 252 g/mol. The Kier molecular flexibility index (Phi) is 4.15. The molecule has 1 saturated carbocycles. The van der Waals surface area contributed by atoms with Gasteiger partial charge < -0.3 is 10.5 Å². The molecule has 2 rings (SSSR count). The number of hydrogen-bond donors (Lipinski definition) is 1. The third-order valence-electron chi connectivity index (χ3n) is 2.80. The van der Waals surface area contributed by atoms with Gasteiger partial charge in [0.05, 0.1) is 11.8 Å². The fourth-order valence-corrected chi connectivity index (χ4v) is 3.19. The largest absolute Gasteiger partial charge is 0.473 e. The van der Waals surface area contributed by atoms with Gasteiger partial charge in [-0.25, -0.2) is 4.98 Å². The third kappa shape index (κ3) is 3.53. The Labute approximate surface area is 107 Å². The maximum atomic E-state index is 5.85. The zero-order valence-corrected chi connectivity index (χ0v) is 11.3. The number of rotatable bonds is 4. The van der Waals surface area contributed by atoms with E-state index in [2.05, 4.69) is 4.98 Å². The maximum absolute atomic E-state index is 5.85. The van der Waals surface area contributed by atoms with Crippen LogP contribution < -0.4 is 10.5 Å². The minimum Gasteiger partial charge on any atom is -0.473 e. The molecule has 0 aromatic carbocycles. The average Bonchev–Trinajstić information content (AvgIpc) is 2.75. The van der Waals surface area contributed by atoms with Crippen molar-refractivity contribution < 1.29 is 4.74 Å². The summed E-state index contributed by atoms with van der Waals surface area (Å²) in [6, 6.07) is 3.88. The summed E-state index contributed by atoms with van der Waals surface area (Å²) in [6.45, 7) is 3.97. The fourth-order valence-electron chi connectivity index (χ4n) is 1.99. The fraction of sp³-hybridized carbons (Fsp3) is 0.615. The van der Waals surface area contributed by atoms with Crippen molar-refractivity contribution >= 4 is 17.4 Å². The summed E-state index contributed by atoms with van der Waals surface area (Å²) in [6.07, 6.45) is 5.41. The van der Waals surface area contributed by atoms with E-state index in [9.17, 15) is 0 Å². The zero-order chi connectivity index (χ0) is 12.3. The molecule has 2 N–H and O–H groups in total. The van der Waals surface area contributed by atoms with Crippen LogP contribution in [0, 0.1) is 0 Å². The molecule has 17 heavy (non-hydrogen) atoms. The Hall–Kier alpha value is -0.900. The van der Waals surface area contributed by atoms with Crippen LogP contribution in [0.15, 0.2) is 17.2 Å². The number of thioether (sulfide) groups is 1. The molecule has 0 unspecified atom stereocenters.